The minimum Gasteiger partial charge on any atom is -0.337 e. The smallest absolute Gasteiger partial charge is 0.253 e. The molecular formula is C21H16Cl2N4O. The van der Waals surface area contributed by atoms with E-state index in [1.807, 2.05) is 54.3 Å². The van der Waals surface area contributed by atoms with Gasteiger partial charge in [0.25, 0.3) is 5.91 Å². The van der Waals surface area contributed by atoms with Gasteiger partial charge in [-0.15, -0.1) is 0 Å². The Kier molecular flexibility index (Phi) is 4.84. The van der Waals surface area contributed by atoms with Crippen LogP contribution in [0.2, 0.25) is 10.2 Å². The predicted molar refractivity (Wildman–Crippen MR) is 109 cm³/mol. The van der Waals surface area contributed by atoms with Gasteiger partial charge in [0, 0.05) is 30.1 Å². The minimum absolute atomic E-state index is 0.0205. The van der Waals surface area contributed by atoms with Gasteiger partial charge in [-0.3, -0.25) is 9.89 Å². The Hall–Kier alpha value is -2.81. The third kappa shape index (κ3) is 3.26. The van der Waals surface area contributed by atoms with E-state index < -0.39 is 0 Å². The molecule has 3 aromatic rings. The molecule has 1 aromatic heterocycles. The maximum absolute atomic E-state index is 12.9. The molecule has 2 heterocycles. The van der Waals surface area contributed by atoms with Gasteiger partial charge in [0.05, 0.1) is 17.3 Å². The quantitative estimate of drug-likeness (QED) is 0.673. The number of carbonyl (C=O) groups is 1. The second-order valence-electron chi connectivity index (χ2n) is 6.87. The Labute approximate surface area is 172 Å². The summed E-state index contributed by atoms with van der Waals surface area (Å²) in [4.78, 5) is 14.7. The molecule has 0 atom stereocenters. The number of aromatic nitrogens is 2. The minimum atomic E-state index is -0.0205. The number of nitrogens with zero attached hydrogens (tertiary/aromatic N) is 3. The maximum atomic E-state index is 12.9. The lowest BCUT2D eigenvalue weighted by atomic mass is 9.90. The lowest BCUT2D eigenvalue weighted by Crippen LogP contribution is -2.48. The van der Waals surface area contributed by atoms with Gasteiger partial charge >= 0.3 is 0 Å². The lowest BCUT2D eigenvalue weighted by molar-refractivity contribution is 0.0602. The van der Waals surface area contributed by atoms with Gasteiger partial charge in [-0.25, -0.2) is 0 Å². The van der Waals surface area contributed by atoms with E-state index in [4.69, 9.17) is 28.5 Å². The van der Waals surface area contributed by atoms with Gasteiger partial charge < -0.3 is 4.90 Å². The van der Waals surface area contributed by atoms with Crippen LogP contribution < -0.4 is 0 Å². The Morgan fingerprint density at radius 1 is 1.21 bits per heavy atom. The number of hydrogen-bond acceptors (Lipinski definition) is 3. The zero-order chi connectivity index (χ0) is 19.8. The summed E-state index contributed by atoms with van der Waals surface area (Å²) in [5, 5.41) is 16.2. The molecule has 0 saturated carbocycles. The number of halogens is 2. The van der Waals surface area contributed by atoms with Gasteiger partial charge in [-0.05, 0) is 42.3 Å². The molecule has 1 aliphatic rings. The van der Waals surface area contributed by atoms with Crippen molar-refractivity contribution < 1.29 is 4.79 Å². The highest BCUT2D eigenvalue weighted by Crippen LogP contribution is 2.34. The van der Waals surface area contributed by atoms with Crippen LogP contribution in [0.25, 0.3) is 11.3 Å². The second kappa shape index (κ2) is 7.31. The van der Waals surface area contributed by atoms with E-state index in [0.29, 0.717) is 40.9 Å². The standard InChI is InChI=1S/C21H16Cl2N4O/c1-12-2-5-15(8-17(12)19-18(22)20(23)26-25-19)21(28)27-10-16(11-27)14-6-3-13(9-24)4-7-14/h2-8,16H,10-11H2,1H3,(H,25,26). The van der Waals surface area contributed by atoms with Crippen molar-refractivity contribution in [2.45, 2.75) is 12.8 Å². The van der Waals surface area contributed by atoms with Gasteiger partial charge in [0.2, 0.25) is 0 Å². The van der Waals surface area contributed by atoms with Crippen LogP contribution in [-0.4, -0.2) is 34.1 Å². The number of benzene rings is 2. The first kappa shape index (κ1) is 18.5. The number of amides is 1. The van der Waals surface area contributed by atoms with Crippen molar-refractivity contribution in [3.63, 3.8) is 0 Å². The SMILES string of the molecule is Cc1ccc(C(=O)N2CC(c3ccc(C#N)cc3)C2)cc1-c1[nH]nc(Cl)c1Cl. The maximum Gasteiger partial charge on any atom is 0.253 e. The summed E-state index contributed by atoms with van der Waals surface area (Å²) in [5.41, 5.74) is 4.77. The second-order valence-corrected chi connectivity index (χ2v) is 7.61. The highest BCUT2D eigenvalue weighted by Gasteiger charge is 2.32. The summed E-state index contributed by atoms with van der Waals surface area (Å²) in [7, 11) is 0. The van der Waals surface area contributed by atoms with Crippen LogP contribution in [-0.2, 0) is 0 Å². The number of nitriles is 1. The van der Waals surface area contributed by atoms with Crippen molar-refractivity contribution in [1.29, 1.82) is 5.26 Å². The van der Waals surface area contributed by atoms with Crippen molar-refractivity contribution in [2.24, 2.45) is 0 Å². The molecule has 0 unspecified atom stereocenters. The number of aryl methyl sites for hydroxylation is 1. The van der Waals surface area contributed by atoms with Crippen LogP contribution in [0.1, 0.15) is 33.0 Å². The molecule has 5 nitrogen and oxygen atoms in total. The fraction of sp³-hybridized carbons (Fsp3) is 0.190. The largest absolute Gasteiger partial charge is 0.337 e. The van der Waals surface area contributed by atoms with Crippen molar-refractivity contribution in [2.75, 3.05) is 13.1 Å². The van der Waals surface area contributed by atoms with Crippen LogP contribution >= 0.6 is 23.2 Å². The zero-order valence-corrected chi connectivity index (χ0v) is 16.6. The number of likely N-dealkylation sites (tertiary alicyclic amines) is 1. The number of nitrogens with one attached hydrogen (secondary N) is 1. The number of carbonyl (C=O) groups excluding carboxylic acids is 1. The third-order valence-electron chi connectivity index (χ3n) is 5.10. The van der Waals surface area contributed by atoms with Gasteiger partial charge in [-0.2, -0.15) is 10.4 Å². The summed E-state index contributed by atoms with van der Waals surface area (Å²) < 4.78 is 0. The Balaban J connectivity index is 1.51. The number of rotatable bonds is 3. The van der Waals surface area contributed by atoms with E-state index >= 15 is 0 Å². The van der Waals surface area contributed by atoms with Crippen molar-refractivity contribution in [1.82, 2.24) is 15.1 Å². The van der Waals surface area contributed by atoms with E-state index in [1.165, 1.54) is 0 Å². The Morgan fingerprint density at radius 2 is 1.93 bits per heavy atom. The monoisotopic (exact) mass is 410 g/mol. The molecule has 2 aromatic carbocycles. The van der Waals surface area contributed by atoms with E-state index in [1.54, 1.807) is 0 Å². The number of hydrogen-bond donors (Lipinski definition) is 1. The third-order valence-corrected chi connectivity index (χ3v) is 5.84. The molecule has 140 valence electrons. The summed E-state index contributed by atoms with van der Waals surface area (Å²) >= 11 is 12.2. The van der Waals surface area contributed by atoms with Crippen LogP contribution in [0.4, 0.5) is 0 Å². The summed E-state index contributed by atoms with van der Waals surface area (Å²) in [5.74, 6) is 0.273. The molecule has 1 amide bonds. The lowest BCUT2D eigenvalue weighted by Gasteiger charge is -2.39. The zero-order valence-electron chi connectivity index (χ0n) is 15.0. The Bertz CT molecular complexity index is 1090. The number of aromatic amines is 1. The fourth-order valence-corrected chi connectivity index (χ4v) is 3.70. The first-order chi connectivity index (χ1) is 13.5. The highest BCUT2D eigenvalue weighted by molar-refractivity contribution is 6.42. The first-order valence-electron chi connectivity index (χ1n) is 8.77. The molecule has 28 heavy (non-hydrogen) atoms. The van der Waals surface area contributed by atoms with E-state index in [0.717, 1.165) is 16.7 Å². The molecule has 0 bridgehead atoms. The topological polar surface area (TPSA) is 72.8 Å². The molecular weight excluding hydrogens is 395 g/mol. The molecule has 0 spiro atoms. The molecule has 7 heteroatoms. The molecule has 0 aliphatic carbocycles. The molecule has 1 N–H and O–H groups in total. The highest BCUT2D eigenvalue weighted by atomic mass is 35.5. The van der Waals surface area contributed by atoms with Crippen molar-refractivity contribution in [3.05, 3.63) is 74.9 Å². The van der Waals surface area contributed by atoms with Crippen LogP contribution in [0, 0.1) is 18.3 Å². The Morgan fingerprint density at radius 3 is 2.54 bits per heavy atom. The van der Waals surface area contributed by atoms with Gasteiger partial charge in [0.1, 0.15) is 5.02 Å². The average Bonchev–Trinajstić information content (AvgIpc) is 3.00. The number of H-pyrrole nitrogens is 1. The van der Waals surface area contributed by atoms with Crippen molar-refractivity contribution in [3.8, 4) is 17.3 Å². The molecule has 1 saturated heterocycles. The average molecular weight is 411 g/mol. The fourth-order valence-electron chi connectivity index (χ4n) is 3.38. The van der Waals surface area contributed by atoms with Crippen LogP contribution in [0.3, 0.4) is 0 Å². The van der Waals surface area contributed by atoms with Gasteiger partial charge in [-0.1, -0.05) is 41.4 Å². The summed E-state index contributed by atoms with van der Waals surface area (Å²) in [6, 6.07) is 15.2. The molecule has 4 rings (SSSR count). The van der Waals surface area contributed by atoms with Crippen molar-refractivity contribution >= 4 is 29.1 Å². The molecule has 1 aliphatic heterocycles. The normalized spacial score (nSPS) is 13.9. The van der Waals surface area contributed by atoms with E-state index in [9.17, 15) is 4.79 Å². The first-order valence-corrected chi connectivity index (χ1v) is 9.53. The molecule has 1 fully saturated rings. The van der Waals surface area contributed by atoms with E-state index in [-0.39, 0.29) is 11.1 Å². The summed E-state index contributed by atoms with van der Waals surface area (Å²) in [6.45, 7) is 3.26. The predicted octanol–water partition coefficient (Wildman–Crippen LogP) is 4.80. The molecule has 0 radical (unpaired) electrons. The van der Waals surface area contributed by atoms with Crippen LogP contribution in [0.5, 0.6) is 0 Å². The van der Waals surface area contributed by atoms with Gasteiger partial charge in [0.15, 0.2) is 5.15 Å². The summed E-state index contributed by atoms with van der Waals surface area (Å²) in [6.07, 6.45) is 0. The van der Waals surface area contributed by atoms with Crippen LogP contribution in [0.15, 0.2) is 42.5 Å². The van der Waals surface area contributed by atoms with E-state index in [2.05, 4.69) is 16.3 Å².